The molecule has 124 valence electrons. The normalized spacial score (nSPS) is 30.5. The number of carbonyl (C=O) groups is 2. The topological polar surface area (TPSA) is 65.1 Å². The molecule has 3 aliphatic heterocycles. The smallest absolute Gasteiger partial charge is 0.317 e. The largest absolute Gasteiger partial charge is 0.379 e. The minimum absolute atomic E-state index is 0.0691. The summed E-state index contributed by atoms with van der Waals surface area (Å²) in [7, 11) is 0. The zero-order valence-electron chi connectivity index (χ0n) is 13.3. The highest BCUT2D eigenvalue weighted by Crippen LogP contribution is 2.23. The molecule has 3 heterocycles. The highest BCUT2D eigenvalue weighted by Gasteiger charge is 2.37. The van der Waals surface area contributed by atoms with E-state index in [-0.39, 0.29) is 18.5 Å². The molecule has 3 fully saturated rings. The number of nitrogens with zero attached hydrogens (tertiary/aromatic N) is 3. The average molecular weight is 310 g/mol. The van der Waals surface area contributed by atoms with Gasteiger partial charge in [-0.1, -0.05) is 6.92 Å². The summed E-state index contributed by atoms with van der Waals surface area (Å²) >= 11 is 0. The summed E-state index contributed by atoms with van der Waals surface area (Å²) in [6.45, 7) is 8.83. The lowest BCUT2D eigenvalue weighted by molar-refractivity contribution is -0.131. The first-order chi connectivity index (χ1) is 10.6. The molecule has 0 aromatic heterocycles. The Morgan fingerprint density at radius 1 is 1.27 bits per heavy atom. The van der Waals surface area contributed by atoms with Gasteiger partial charge in [0.1, 0.15) is 6.54 Å². The molecule has 1 N–H and O–H groups in total. The molecule has 0 bridgehead atoms. The fourth-order valence-electron chi connectivity index (χ4n) is 3.63. The number of carbonyl (C=O) groups excluding carboxylic acids is 2. The summed E-state index contributed by atoms with van der Waals surface area (Å²) < 4.78 is 5.41. The van der Waals surface area contributed by atoms with Crippen LogP contribution in [0, 0.1) is 5.92 Å². The molecule has 7 heteroatoms. The Hall–Kier alpha value is -1.34. The zero-order valence-corrected chi connectivity index (χ0v) is 13.3. The van der Waals surface area contributed by atoms with Crippen LogP contribution in [-0.4, -0.2) is 91.7 Å². The van der Waals surface area contributed by atoms with Crippen LogP contribution in [-0.2, 0) is 9.53 Å². The van der Waals surface area contributed by atoms with Crippen LogP contribution in [0.3, 0.4) is 0 Å². The van der Waals surface area contributed by atoms with Gasteiger partial charge in [0.2, 0.25) is 5.91 Å². The molecular formula is C15H26N4O3. The first-order valence-electron chi connectivity index (χ1n) is 8.27. The number of urea groups is 1. The number of morpholine rings is 1. The molecule has 3 aliphatic rings. The second-order valence-electron chi connectivity index (χ2n) is 6.50. The zero-order chi connectivity index (χ0) is 15.5. The Morgan fingerprint density at radius 3 is 2.77 bits per heavy atom. The van der Waals surface area contributed by atoms with Crippen molar-refractivity contribution in [1.82, 2.24) is 20.0 Å². The lowest BCUT2D eigenvalue weighted by Crippen LogP contribution is -2.51. The van der Waals surface area contributed by atoms with E-state index in [4.69, 9.17) is 4.74 Å². The fourth-order valence-corrected chi connectivity index (χ4v) is 3.63. The number of nitrogens with one attached hydrogen (secondary N) is 1. The van der Waals surface area contributed by atoms with E-state index in [0.29, 0.717) is 25.0 Å². The van der Waals surface area contributed by atoms with Gasteiger partial charge in [-0.15, -0.1) is 0 Å². The van der Waals surface area contributed by atoms with Crippen molar-refractivity contribution in [1.29, 1.82) is 0 Å². The fraction of sp³-hybridized carbons (Fsp3) is 0.867. The molecule has 0 aliphatic carbocycles. The van der Waals surface area contributed by atoms with Gasteiger partial charge in [0, 0.05) is 45.3 Å². The third-order valence-electron chi connectivity index (χ3n) is 4.93. The van der Waals surface area contributed by atoms with E-state index in [1.807, 2.05) is 4.90 Å². The number of amides is 3. The highest BCUT2D eigenvalue weighted by atomic mass is 16.5. The third-order valence-corrected chi connectivity index (χ3v) is 4.93. The molecule has 0 unspecified atom stereocenters. The van der Waals surface area contributed by atoms with Gasteiger partial charge in [0.05, 0.1) is 13.2 Å². The van der Waals surface area contributed by atoms with Crippen molar-refractivity contribution >= 4 is 11.9 Å². The van der Waals surface area contributed by atoms with Crippen molar-refractivity contribution in [3.8, 4) is 0 Å². The lowest BCUT2D eigenvalue weighted by atomic mass is 10.0. The molecule has 3 rings (SSSR count). The van der Waals surface area contributed by atoms with Gasteiger partial charge >= 0.3 is 6.03 Å². The lowest BCUT2D eigenvalue weighted by Gasteiger charge is -2.34. The van der Waals surface area contributed by atoms with Crippen LogP contribution in [0.2, 0.25) is 0 Å². The first-order valence-corrected chi connectivity index (χ1v) is 8.27. The summed E-state index contributed by atoms with van der Waals surface area (Å²) in [5, 5.41) is 2.79. The van der Waals surface area contributed by atoms with E-state index in [2.05, 4.69) is 17.1 Å². The van der Waals surface area contributed by atoms with Crippen LogP contribution in [0.5, 0.6) is 0 Å². The van der Waals surface area contributed by atoms with Crippen molar-refractivity contribution in [2.24, 2.45) is 5.92 Å². The van der Waals surface area contributed by atoms with Gasteiger partial charge in [0.15, 0.2) is 0 Å². The van der Waals surface area contributed by atoms with Gasteiger partial charge < -0.3 is 19.9 Å². The number of hydrogen-bond donors (Lipinski definition) is 1. The Balaban J connectivity index is 1.54. The molecular weight excluding hydrogens is 284 g/mol. The minimum Gasteiger partial charge on any atom is -0.379 e. The van der Waals surface area contributed by atoms with Crippen LogP contribution in [0.15, 0.2) is 0 Å². The Bertz CT molecular complexity index is 425. The highest BCUT2D eigenvalue weighted by molar-refractivity contribution is 5.84. The number of rotatable bonds is 3. The Morgan fingerprint density at radius 2 is 2.05 bits per heavy atom. The first kappa shape index (κ1) is 15.6. The third kappa shape index (κ3) is 3.35. The SMILES string of the molecule is C[C@@H]1CN(C(=O)CN2CCCNC2=O)C[C@@H]1N1CCOCC1. The van der Waals surface area contributed by atoms with Crippen molar-refractivity contribution in [2.75, 3.05) is 59.0 Å². The van der Waals surface area contributed by atoms with E-state index in [0.717, 1.165) is 45.8 Å². The van der Waals surface area contributed by atoms with E-state index >= 15 is 0 Å². The summed E-state index contributed by atoms with van der Waals surface area (Å²) in [6.07, 6.45) is 0.909. The van der Waals surface area contributed by atoms with Crippen LogP contribution in [0.4, 0.5) is 4.79 Å². The monoisotopic (exact) mass is 310 g/mol. The van der Waals surface area contributed by atoms with E-state index in [9.17, 15) is 9.59 Å². The maximum atomic E-state index is 12.5. The number of ether oxygens (including phenoxy) is 1. The van der Waals surface area contributed by atoms with Gasteiger partial charge in [-0.25, -0.2) is 4.79 Å². The van der Waals surface area contributed by atoms with Crippen LogP contribution in [0.25, 0.3) is 0 Å². The van der Waals surface area contributed by atoms with E-state index in [1.165, 1.54) is 0 Å². The Kier molecular flexibility index (Phi) is 4.83. The second-order valence-corrected chi connectivity index (χ2v) is 6.50. The molecule has 3 saturated heterocycles. The summed E-state index contributed by atoms with van der Waals surface area (Å²) in [5.41, 5.74) is 0. The maximum Gasteiger partial charge on any atom is 0.317 e. The van der Waals surface area contributed by atoms with Crippen molar-refractivity contribution in [3.63, 3.8) is 0 Å². The number of hydrogen-bond acceptors (Lipinski definition) is 4. The predicted octanol–water partition coefficient (Wildman–Crippen LogP) is -0.419. The van der Waals surface area contributed by atoms with Gasteiger partial charge in [-0.2, -0.15) is 0 Å². The Labute approximate surface area is 131 Å². The second kappa shape index (κ2) is 6.83. The van der Waals surface area contributed by atoms with Gasteiger partial charge in [-0.05, 0) is 12.3 Å². The predicted molar refractivity (Wildman–Crippen MR) is 81.5 cm³/mol. The van der Waals surface area contributed by atoms with E-state index in [1.54, 1.807) is 4.90 Å². The summed E-state index contributed by atoms with van der Waals surface area (Å²) in [6, 6.07) is 0.305. The van der Waals surface area contributed by atoms with Crippen molar-refractivity contribution in [2.45, 2.75) is 19.4 Å². The standard InChI is InChI=1S/C15H26N4O3/c1-12-9-19(10-13(12)17-5-7-22-8-6-17)14(20)11-18-4-2-3-16-15(18)21/h12-13H,2-11H2,1H3,(H,16,21)/t12-,13+/m1/s1. The minimum atomic E-state index is -0.114. The maximum absolute atomic E-state index is 12.5. The van der Waals surface area contributed by atoms with E-state index < -0.39 is 0 Å². The van der Waals surface area contributed by atoms with Crippen LogP contribution < -0.4 is 5.32 Å². The van der Waals surface area contributed by atoms with Crippen LogP contribution >= 0.6 is 0 Å². The number of likely N-dealkylation sites (tertiary alicyclic amines) is 1. The molecule has 0 aromatic rings. The molecule has 0 radical (unpaired) electrons. The van der Waals surface area contributed by atoms with Crippen molar-refractivity contribution < 1.29 is 14.3 Å². The quantitative estimate of drug-likeness (QED) is 0.769. The van der Waals surface area contributed by atoms with Gasteiger partial charge in [0.25, 0.3) is 0 Å². The molecule has 0 aromatic carbocycles. The molecule has 2 atom stereocenters. The summed E-state index contributed by atoms with van der Waals surface area (Å²) in [5.74, 6) is 0.539. The molecule has 3 amide bonds. The average Bonchev–Trinajstić information content (AvgIpc) is 2.92. The summed E-state index contributed by atoms with van der Waals surface area (Å²) in [4.78, 5) is 30.2. The van der Waals surface area contributed by atoms with Gasteiger partial charge in [-0.3, -0.25) is 9.69 Å². The molecule has 0 spiro atoms. The molecule has 22 heavy (non-hydrogen) atoms. The molecule has 0 saturated carbocycles. The van der Waals surface area contributed by atoms with Crippen LogP contribution in [0.1, 0.15) is 13.3 Å². The van der Waals surface area contributed by atoms with Crippen molar-refractivity contribution in [3.05, 3.63) is 0 Å². The molecule has 7 nitrogen and oxygen atoms in total.